The molecule has 0 saturated carbocycles. The first kappa shape index (κ1) is 28.6. The van der Waals surface area contributed by atoms with Crippen molar-refractivity contribution in [1.82, 2.24) is 15.5 Å². The number of carbonyl (C=O) groups is 4. The van der Waals surface area contributed by atoms with Gasteiger partial charge in [-0.15, -0.1) is 13.0 Å². The highest BCUT2D eigenvalue weighted by atomic mass is 32.1. The van der Waals surface area contributed by atoms with Crippen molar-refractivity contribution in [2.75, 3.05) is 26.0 Å². The van der Waals surface area contributed by atoms with Gasteiger partial charge in [-0.3, -0.25) is 14.4 Å². The lowest BCUT2D eigenvalue weighted by Gasteiger charge is -2.33. The van der Waals surface area contributed by atoms with E-state index in [0.717, 1.165) is 0 Å². The number of nitrogens with one attached hydrogen (secondary N) is 2. The van der Waals surface area contributed by atoms with Gasteiger partial charge >= 0.3 is 12.1 Å². The summed E-state index contributed by atoms with van der Waals surface area (Å²) in [6, 6.07) is 4.21. The number of esters is 1. The molecule has 0 bridgehead atoms. The molecular formula is C24H31N3O6S. The molecule has 0 fully saturated rings. The second kappa shape index (κ2) is 13.3. The third kappa shape index (κ3) is 8.83. The van der Waals surface area contributed by atoms with E-state index in [9.17, 15) is 19.2 Å². The van der Waals surface area contributed by atoms with Crippen molar-refractivity contribution in [2.24, 2.45) is 0 Å². The van der Waals surface area contributed by atoms with Crippen molar-refractivity contribution in [3.63, 3.8) is 0 Å². The van der Waals surface area contributed by atoms with Crippen LogP contribution in [0, 0.1) is 12.3 Å². The van der Waals surface area contributed by atoms with Crippen molar-refractivity contribution in [2.45, 2.75) is 38.5 Å². The van der Waals surface area contributed by atoms with E-state index in [0.29, 0.717) is 11.1 Å². The SMILES string of the molecule is C#Cc1ccc(C(C(=O)NCC(=O)OC)N(CC=C)C(=O)C(CS)NC(=O)OC(C)(C)C)cc1. The van der Waals surface area contributed by atoms with Gasteiger partial charge in [0.25, 0.3) is 0 Å². The predicted octanol–water partition coefficient (Wildman–Crippen LogP) is 1.84. The maximum Gasteiger partial charge on any atom is 0.408 e. The summed E-state index contributed by atoms with van der Waals surface area (Å²) in [4.78, 5) is 51.6. The number of alkyl carbamates (subject to hydrolysis) is 1. The maximum absolute atomic E-state index is 13.5. The minimum Gasteiger partial charge on any atom is -0.468 e. The van der Waals surface area contributed by atoms with E-state index >= 15 is 0 Å². The van der Waals surface area contributed by atoms with Crippen molar-refractivity contribution >= 4 is 36.5 Å². The number of thiol groups is 1. The zero-order chi connectivity index (χ0) is 25.9. The number of rotatable bonds is 10. The van der Waals surface area contributed by atoms with E-state index in [1.54, 1.807) is 45.0 Å². The fourth-order valence-corrected chi connectivity index (χ4v) is 3.11. The molecule has 0 aliphatic rings. The zero-order valence-corrected chi connectivity index (χ0v) is 20.7. The Morgan fingerprint density at radius 3 is 2.32 bits per heavy atom. The Morgan fingerprint density at radius 2 is 1.85 bits per heavy atom. The van der Waals surface area contributed by atoms with Gasteiger partial charge in [-0.25, -0.2) is 4.79 Å². The number of benzene rings is 1. The third-order valence-electron chi connectivity index (χ3n) is 4.37. The Bertz CT molecular complexity index is 934. The van der Waals surface area contributed by atoms with E-state index in [2.05, 4.69) is 40.5 Å². The van der Waals surface area contributed by atoms with Crippen molar-refractivity contribution < 1.29 is 28.7 Å². The molecule has 34 heavy (non-hydrogen) atoms. The van der Waals surface area contributed by atoms with Crippen LogP contribution in [0.3, 0.4) is 0 Å². The smallest absolute Gasteiger partial charge is 0.408 e. The maximum atomic E-state index is 13.5. The molecule has 0 radical (unpaired) electrons. The van der Waals surface area contributed by atoms with Crippen molar-refractivity contribution in [3.8, 4) is 12.3 Å². The first-order chi connectivity index (χ1) is 16.0. The summed E-state index contributed by atoms with van der Waals surface area (Å²) in [5.74, 6) is 0.539. The van der Waals surface area contributed by atoms with E-state index in [4.69, 9.17) is 11.2 Å². The molecule has 0 aromatic heterocycles. The molecule has 2 unspecified atom stereocenters. The largest absolute Gasteiger partial charge is 0.468 e. The molecular weight excluding hydrogens is 458 g/mol. The third-order valence-corrected chi connectivity index (χ3v) is 4.73. The number of methoxy groups -OCH3 is 1. The average Bonchev–Trinajstić information content (AvgIpc) is 2.79. The fourth-order valence-electron chi connectivity index (χ4n) is 2.86. The topological polar surface area (TPSA) is 114 Å². The molecule has 10 heteroatoms. The Hall–Kier alpha value is -3.45. The van der Waals surface area contributed by atoms with Crippen molar-refractivity contribution in [3.05, 3.63) is 48.0 Å². The van der Waals surface area contributed by atoms with E-state index in [-0.39, 0.29) is 12.3 Å². The molecule has 0 aliphatic carbocycles. The highest BCUT2D eigenvalue weighted by Crippen LogP contribution is 2.23. The van der Waals surface area contributed by atoms with Crippen LogP contribution in [0.25, 0.3) is 0 Å². The van der Waals surface area contributed by atoms with Crippen LogP contribution in [0.1, 0.15) is 37.9 Å². The lowest BCUT2D eigenvalue weighted by molar-refractivity contribution is -0.144. The normalized spacial score (nSPS) is 12.4. The lowest BCUT2D eigenvalue weighted by Crippen LogP contribution is -2.54. The van der Waals surface area contributed by atoms with Gasteiger partial charge in [0.2, 0.25) is 11.8 Å². The van der Waals surface area contributed by atoms with Crippen LogP contribution in [0.5, 0.6) is 0 Å². The molecule has 1 rings (SSSR count). The minimum atomic E-state index is -1.16. The summed E-state index contributed by atoms with van der Waals surface area (Å²) < 4.78 is 9.80. The van der Waals surface area contributed by atoms with Gasteiger partial charge in [0, 0.05) is 17.9 Å². The number of carbonyl (C=O) groups excluding carboxylic acids is 4. The number of terminal acetylenes is 1. The highest BCUT2D eigenvalue weighted by Gasteiger charge is 2.35. The van der Waals surface area contributed by atoms with Gasteiger partial charge in [-0.2, -0.15) is 12.6 Å². The monoisotopic (exact) mass is 489 g/mol. The summed E-state index contributed by atoms with van der Waals surface area (Å²) in [7, 11) is 1.19. The first-order valence-electron chi connectivity index (χ1n) is 10.4. The molecule has 1 aromatic rings. The average molecular weight is 490 g/mol. The molecule has 184 valence electrons. The van der Waals surface area contributed by atoms with Gasteiger partial charge < -0.3 is 25.0 Å². The van der Waals surface area contributed by atoms with Gasteiger partial charge in [-0.1, -0.05) is 24.1 Å². The molecule has 3 amide bonds. The number of ether oxygens (including phenoxy) is 2. The number of hydrogen-bond donors (Lipinski definition) is 3. The second-order valence-electron chi connectivity index (χ2n) is 8.12. The van der Waals surface area contributed by atoms with Crippen LogP contribution in [-0.2, 0) is 23.9 Å². The molecule has 2 N–H and O–H groups in total. The van der Waals surface area contributed by atoms with Crippen LogP contribution < -0.4 is 10.6 Å². The van der Waals surface area contributed by atoms with Crippen LogP contribution in [0.15, 0.2) is 36.9 Å². The summed E-state index contributed by atoms with van der Waals surface area (Å²) >= 11 is 4.19. The highest BCUT2D eigenvalue weighted by molar-refractivity contribution is 7.80. The molecule has 2 atom stereocenters. The molecule has 1 aromatic carbocycles. The Labute approximate surface area is 205 Å². The van der Waals surface area contributed by atoms with Crippen LogP contribution in [0.2, 0.25) is 0 Å². The summed E-state index contributed by atoms with van der Waals surface area (Å²) in [5.41, 5.74) is 0.245. The van der Waals surface area contributed by atoms with E-state index < -0.39 is 48.1 Å². The minimum absolute atomic E-state index is 0.0354. The summed E-state index contributed by atoms with van der Waals surface area (Å²) in [5, 5.41) is 4.96. The van der Waals surface area contributed by atoms with Gasteiger partial charge in [0.05, 0.1) is 7.11 Å². The fraction of sp³-hybridized carbons (Fsp3) is 0.417. The number of nitrogens with zero attached hydrogens (tertiary/aromatic N) is 1. The van der Waals surface area contributed by atoms with Gasteiger partial charge in [0.15, 0.2) is 0 Å². The lowest BCUT2D eigenvalue weighted by atomic mass is 10.0. The Morgan fingerprint density at radius 1 is 1.24 bits per heavy atom. The molecule has 9 nitrogen and oxygen atoms in total. The van der Waals surface area contributed by atoms with Gasteiger partial charge in [-0.05, 0) is 38.5 Å². The molecule has 0 aliphatic heterocycles. The standard InChI is InChI=1S/C24H31N3O6S/c1-7-13-27(22(30)18(15-34)26-23(31)33-24(3,4)5)20(21(29)25-14-19(28)32-6)17-11-9-16(8-2)10-12-17/h2,7,9-12,18,20,34H,1,13-15H2,3-6H3,(H,25,29)(H,26,31). The molecule has 0 spiro atoms. The predicted molar refractivity (Wildman–Crippen MR) is 131 cm³/mol. The molecule has 0 saturated heterocycles. The Balaban J connectivity index is 3.34. The second-order valence-corrected chi connectivity index (χ2v) is 8.49. The summed E-state index contributed by atoms with van der Waals surface area (Å²) in [6.45, 7) is 8.31. The summed E-state index contributed by atoms with van der Waals surface area (Å²) in [6.07, 6.45) is 6.06. The zero-order valence-electron chi connectivity index (χ0n) is 19.8. The van der Waals surface area contributed by atoms with Crippen LogP contribution >= 0.6 is 12.6 Å². The molecule has 0 heterocycles. The van der Waals surface area contributed by atoms with E-state index in [1.165, 1.54) is 18.1 Å². The first-order valence-corrected chi connectivity index (χ1v) is 11.0. The van der Waals surface area contributed by atoms with E-state index in [1.807, 2.05) is 0 Å². The van der Waals surface area contributed by atoms with Gasteiger partial charge in [0.1, 0.15) is 24.2 Å². The van der Waals surface area contributed by atoms with Crippen molar-refractivity contribution in [1.29, 1.82) is 0 Å². The number of amides is 3. The number of hydrogen-bond acceptors (Lipinski definition) is 7. The van der Waals surface area contributed by atoms with Crippen LogP contribution in [-0.4, -0.2) is 66.4 Å². The Kier molecular flexibility index (Phi) is 11.2. The quantitative estimate of drug-likeness (QED) is 0.200. The van der Waals surface area contributed by atoms with Crippen LogP contribution in [0.4, 0.5) is 4.79 Å².